The van der Waals surface area contributed by atoms with Crippen LogP contribution >= 0.6 is 0 Å². The van der Waals surface area contributed by atoms with E-state index in [9.17, 15) is 4.79 Å². The smallest absolute Gasteiger partial charge is 0.227 e. The molecule has 0 fully saturated rings. The molecule has 1 heterocycles. The molecule has 0 saturated carbocycles. The molecule has 1 aromatic carbocycles. The zero-order chi connectivity index (χ0) is 15.2. The molecule has 1 aromatic heterocycles. The average molecular weight is 290 g/mol. The monoisotopic (exact) mass is 290 g/mol. The highest BCUT2D eigenvalue weighted by molar-refractivity contribution is 5.78. The van der Waals surface area contributed by atoms with Gasteiger partial charge in [0, 0.05) is 6.54 Å². The Balaban J connectivity index is 1.93. The quantitative estimate of drug-likeness (QED) is 0.879. The molecule has 0 aliphatic rings. The summed E-state index contributed by atoms with van der Waals surface area (Å²) in [7, 11) is 3.16. The summed E-state index contributed by atoms with van der Waals surface area (Å²) in [5, 5.41) is 2.83. The van der Waals surface area contributed by atoms with Crippen LogP contribution in [0.4, 0.5) is 0 Å². The first-order chi connectivity index (χ1) is 10.1. The lowest BCUT2D eigenvalue weighted by atomic mass is 10.2. The van der Waals surface area contributed by atoms with Gasteiger partial charge in [0.2, 0.25) is 5.91 Å². The third kappa shape index (κ3) is 3.75. The molecule has 6 nitrogen and oxygen atoms in total. The molecule has 2 rings (SSSR count). The van der Waals surface area contributed by atoms with Crippen molar-refractivity contribution in [1.29, 1.82) is 0 Å². The van der Waals surface area contributed by atoms with E-state index in [1.54, 1.807) is 27.2 Å². The summed E-state index contributed by atoms with van der Waals surface area (Å²) in [4.78, 5) is 15.8. The lowest BCUT2D eigenvalue weighted by Gasteiger charge is -2.10. The maximum Gasteiger partial charge on any atom is 0.227 e. The van der Waals surface area contributed by atoms with E-state index in [2.05, 4.69) is 10.3 Å². The number of nitrogens with zero attached hydrogens (tertiary/aromatic N) is 1. The topological polar surface area (TPSA) is 73.6 Å². The molecule has 0 spiro atoms. The van der Waals surface area contributed by atoms with Crippen molar-refractivity contribution in [3.8, 4) is 11.5 Å². The Morgan fingerprint density at radius 1 is 1.29 bits per heavy atom. The summed E-state index contributed by atoms with van der Waals surface area (Å²) in [5.41, 5.74) is 1.66. The largest absolute Gasteiger partial charge is 0.493 e. The van der Waals surface area contributed by atoms with Gasteiger partial charge in [0.1, 0.15) is 5.76 Å². The molecule has 0 aliphatic carbocycles. The van der Waals surface area contributed by atoms with Gasteiger partial charge in [-0.3, -0.25) is 4.79 Å². The van der Waals surface area contributed by atoms with E-state index in [1.807, 2.05) is 12.1 Å². The Hall–Kier alpha value is -2.50. The summed E-state index contributed by atoms with van der Waals surface area (Å²) in [6.45, 7) is 2.22. The van der Waals surface area contributed by atoms with Crippen molar-refractivity contribution in [2.75, 3.05) is 14.2 Å². The molecule has 0 unspecified atom stereocenters. The zero-order valence-electron chi connectivity index (χ0n) is 12.3. The number of carbonyl (C=O) groups excluding carboxylic acids is 1. The van der Waals surface area contributed by atoms with Gasteiger partial charge in [0.15, 0.2) is 17.9 Å². The van der Waals surface area contributed by atoms with Crippen molar-refractivity contribution >= 4 is 5.91 Å². The van der Waals surface area contributed by atoms with Gasteiger partial charge in [-0.15, -0.1) is 0 Å². The van der Waals surface area contributed by atoms with Gasteiger partial charge in [0.05, 0.1) is 26.3 Å². The molecule has 112 valence electrons. The normalized spacial score (nSPS) is 10.2. The van der Waals surface area contributed by atoms with Crippen LogP contribution in [0.3, 0.4) is 0 Å². The Labute approximate surface area is 123 Å². The van der Waals surface area contributed by atoms with Gasteiger partial charge < -0.3 is 19.2 Å². The molecule has 0 saturated heterocycles. The van der Waals surface area contributed by atoms with Crippen molar-refractivity contribution in [3.05, 3.63) is 41.6 Å². The van der Waals surface area contributed by atoms with Gasteiger partial charge >= 0.3 is 0 Å². The van der Waals surface area contributed by atoms with Crippen LogP contribution in [0.2, 0.25) is 0 Å². The summed E-state index contributed by atoms with van der Waals surface area (Å²) >= 11 is 0. The molecule has 1 N–H and O–H groups in total. The number of carbonyl (C=O) groups is 1. The second kappa shape index (κ2) is 6.78. The zero-order valence-corrected chi connectivity index (χ0v) is 12.3. The third-order valence-corrected chi connectivity index (χ3v) is 3.10. The maximum atomic E-state index is 11.9. The number of nitrogens with one attached hydrogen (secondary N) is 1. The van der Waals surface area contributed by atoms with Gasteiger partial charge in [-0.2, -0.15) is 0 Å². The molecule has 0 radical (unpaired) electrons. The lowest BCUT2D eigenvalue weighted by molar-refractivity contribution is -0.120. The van der Waals surface area contributed by atoms with Crippen molar-refractivity contribution in [2.24, 2.45) is 0 Å². The number of aromatic nitrogens is 1. The molecular weight excluding hydrogens is 272 g/mol. The van der Waals surface area contributed by atoms with E-state index in [4.69, 9.17) is 13.9 Å². The highest BCUT2D eigenvalue weighted by atomic mass is 16.5. The maximum absolute atomic E-state index is 11.9. The molecule has 0 atom stereocenters. The van der Waals surface area contributed by atoms with Crippen LogP contribution in [0.5, 0.6) is 11.5 Å². The first kappa shape index (κ1) is 14.9. The van der Waals surface area contributed by atoms with Gasteiger partial charge in [-0.1, -0.05) is 6.07 Å². The SMILES string of the molecule is COc1ccc(CNC(=O)Cc2ocnc2C)cc1OC. The predicted molar refractivity (Wildman–Crippen MR) is 76.3 cm³/mol. The van der Waals surface area contributed by atoms with Crippen molar-refractivity contribution < 1.29 is 18.7 Å². The first-order valence-corrected chi connectivity index (χ1v) is 6.50. The summed E-state index contributed by atoms with van der Waals surface area (Å²) in [6.07, 6.45) is 1.52. The van der Waals surface area contributed by atoms with Crippen molar-refractivity contribution in [1.82, 2.24) is 10.3 Å². The van der Waals surface area contributed by atoms with Crippen LogP contribution in [0, 0.1) is 6.92 Å². The summed E-state index contributed by atoms with van der Waals surface area (Å²) < 4.78 is 15.5. The van der Waals surface area contributed by atoms with Crippen molar-refractivity contribution in [2.45, 2.75) is 19.9 Å². The lowest BCUT2D eigenvalue weighted by Crippen LogP contribution is -2.24. The summed E-state index contributed by atoms with van der Waals surface area (Å²) in [5.74, 6) is 1.75. The van der Waals surface area contributed by atoms with Crippen LogP contribution in [-0.4, -0.2) is 25.1 Å². The van der Waals surface area contributed by atoms with Crippen LogP contribution in [0.25, 0.3) is 0 Å². The van der Waals surface area contributed by atoms with E-state index in [-0.39, 0.29) is 12.3 Å². The van der Waals surface area contributed by atoms with E-state index >= 15 is 0 Å². The average Bonchev–Trinajstić information content (AvgIpc) is 2.90. The summed E-state index contributed by atoms with van der Waals surface area (Å²) in [6, 6.07) is 5.51. The van der Waals surface area contributed by atoms with Crippen LogP contribution in [0.15, 0.2) is 29.0 Å². The van der Waals surface area contributed by atoms with Gasteiger partial charge in [-0.05, 0) is 24.6 Å². The number of rotatable bonds is 6. The fraction of sp³-hybridized carbons (Fsp3) is 0.333. The predicted octanol–water partition coefficient (Wildman–Crippen LogP) is 1.86. The number of methoxy groups -OCH3 is 2. The fourth-order valence-electron chi connectivity index (χ4n) is 1.90. The number of hydrogen-bond acceptors (Lipinski definition) is 5. The Bertz CT molecular complexity index is 622. The third-order valence-electron chi connectivity index (χ3n) is 3.10. The highest BCUT2D eigenvalue weighted by Gasteiger charge is 2.10. The second-order valence-electron chi connectivity index (χ2n) is 4.50. The number of benzene rings is 1. The molecule has 0 aliphatic heterocycles. The minimum absolute atomic E-state index is 0.121. The molecule has 2 aromatic rings. The molecule has 1 amide bonds. The number of hydrogen-bond donors (Lipinski definition) is 1. The van der Waals surface area contributed by atoms with Gasteiger partial charge in [-0.25, -0.2) is 4.98 Å². The Kier molecular flexibility index (Phi) is 4.81. The standard InChI is InChI=1S/C15H18N2O4/c1-10-13(21-9-17-10)7-15(18)16-8-11-4-5-12(19-2)14(6-11)20-3/h4-6,9H,7-8H2,1-3H3,(H,16,18). The van der Waals surface area contributed by atoms with Gasteiger partial charge in [0.25, 0.3) is 0 Å². The minimum atomic E-state index is -0.121. The number of amides is 1. The van der Waals surface area contributed by atoms with E-state index in [1.165, 1.54) is 6.39 Å². The number of aryl methyl sites for hydroxylation is 1. The van der Waals surface area contributed by atoms with Crippen LogP contribution in [0.1, 0.15) is 17.0 Å². The first-order valence-electron chi connectivity index (χ1n) is 6.50. The van der Waals surface area contributed by atoms with E-state index in [0.717, 1.165) is 11.3 Å². The second-order valence-corrected chi connectivity index (χ2v) is 4.50. The van der Waals surface area contributed by atoms with Crippen molar-refractivity contribution in [3.63, 3.8) is 0 Å². The highest BCUT2D eigenvalue weighted by Crippen LogP contribution is 2.27. The molecule has 21 heavy (non-hydrogen) atoms. The van der Waals surface area contributed by atoms with Crippen LogP contribution in [-0.2, 0) is 17.8 Å². The van der Waals surface area contributed by atoms with E-state index < -0.39 is 0 Å². The Morgan fingerprint density at radius 3 is 2.67 bits per heavy atom. The fourth-order valence-corrected chi connectivity index (χ4v) is 1.90. The van der Waals surface area contributed by atoms with E-state index in [0.29, 0.717) is 23.8 Å². The number of ether oxygens (including phenoxy) is 2. The minimum Gasteiger partial charge on any atom is -0.493 e. The molecule has 0 bridgehead atoms. The molecule has 6 heteroatoms. The van der Waals surface area contributed by atoms with Crippen LogP contribution < -0.4 is 14.8 Å². The number of oxazole rings is 1. The Morgan fingerprint density at radius 2 is 2.05 bits per heavy atom. The molecular formula is C15H18N2O4.